The van der Waals surface area contributed by atoms with E-state index in [4.69, 9.17) is 4.74 Å². The SMILES string of the molecule is CCC1(CC)NC(=O)N(CC(=O)OCC(=O)N(C)[C@H](C)c2ccccc2)C1=O. The summed E-state index contributed by atoms with van der Waals surface area (Å²) in [6, 6.07) is 8.67. The van der Waals surface area contributed by atoms with Crippen molar-refractivity contribution in [2.75, 3.05) is 20.2 Å². The molecule has 1 atom stereocenters. The average molecular weight is 389 g/mol. The van der Waals surface area contributed by atoms with Crippen molar-refractivity contribution in [3.63, 3.8) is 0 Å². The van der Waals surface area contributed by atoms with Gasteiger partial charge in [0.25, 0.3) is 11.8 Å². The van der Waals surface area contributed by atoms with E-state index in [9.17, 15) is 19.2 Å². The number of urea groups is 1. The number of benzene rings is 1. The van der Waals surface area contributed by atoms with E-state index in [1.165, 1.54) is 4.90 Å². The summed E-state index contributed by atoms with van der Waals surface area (Å²) in [6.45, 7) is 4.50. The fourth-order valence-corrected chi connectivity index (χ4v) is 3.14. The molecule has 1 N–H and O–H groups in total. The molecule has 0 bridgehead atoms. The van der Waals surface area contributed by atoms with E-state index < -0.39 is 36.6 Å². The summed E-state index contributed by atoms with van der Waals surface area (Å²) in [4.78, 5) is 51.3. The number of nitrogens with one attached hydrogen (secondary N) is 1. The minimum absolute atomic E-state index is 0.187. The van der Waals surface area contributed by atoms with E-state index >= 15 is 0 Å². The van der Waals surface area contributed by atoms with Gasteiger partial charge >= 0.3 is 12.0 Å². The number of carbonyl (C=O) groups is 4. The Bertz CT molecular complexity index is 745. The summed E-state index contributed by atoms with van der Waals surface area (Å²) in [7, 11) is 1.63. The molecule has 0 radical (unpaired) electrons. The largest absolute Gasteiger partial charge is 0.454 e. The molecule has 1 aliphatic rings. The molecule has 0 aromatic heterocycles. The van der Waals surface area contributed by atoms with Crippen LogP contribution in [0.3, 0.4) is 0 Å². The second-order valence-corrected chi connectivity index (χ2v) is 6.86. The first-order valence-electron chi connectivity index (χ1n) is 9.36. The number of esters is 1. The Labute approximate surface area is 164 Å². The molecule has 1 heterocycles. The van der Waals surface area contributed by atoms with Crippen LogP contribution >= 0.6 is 0 Å². The van der Waals surface area contributed by atoms with Gasteiger partial charge in [-0.25, -0.2) is 4.79 Å². The van der Waals surface area contributed by atoms with Crippen LogP contribution in [0.25, 0.3) is 0 Å². The predicted molar refractivity (Wildman–Crippen MR) is 102 cm³/mol. The molecule has 8 nitrogen and oxygen atoms in total. The van der Waals surface area contributed by atoms with E-state index in [0.717, 1.165) is 10.5 Å². The van der Waals surface area contributed by atoms with Crippen molar-refractivity contribution in [1.82, 2.24) is 15.1 Å². The fraction of sp³-hybridized carbons (Fsp3) is 0.500. The maximum Gasteiger partial charge on any atom is 0.326 e. The van der Waals surface area contributed by atoms with Crippen molar-refractivity contribution in [2.24, 2.45) is 0 Å². The molecule has 2 rings (SSSR count). The van der Waals surface area contributed by atoms with Gasteiger partial charge in [0.05, 0.1) is 6.04 Å². The van der Waals surface area contributed by atoms with Crippen LogP contribution in [0.15, 0.2) is 30.3 Å². The van der Waals surface area contributed by atoms with E-state index in [1.807, 2.05) is 37.3 Å². The van der Waals surface area contributed by atoms with Crippen LogP contribution < -0.4 is 5.32 Å². The van der Waals surface area contributed by atoms with Gasteiger partial charge in [-0.15, -0.1) is 0 Å². The van der Waals surface area contributed by atoms with Gasteiger partial charge in [-0.2, -0.15) is 0 Å². The first-order chi connectivity index (χ1) is 13.3. The van der Waals surface area contributed by atoms with Crippen molar-refractivity contribution in [3.8, 4) is 0 Å². The molecule has 1 aliphatic heterocycles. The van der Waals surface area contributed by atoms with Gasteiger partial charge in [0.2, 0.25) is 0 Å². The van der Waals surface area contributed by atoms with E-state index in [-0.39, 0.29) is 11.9 Å². The topological polar surface area (TPSA) is 96.0 Å². The molecule has 0 spiro atoms. The Morgan fingerprint density at radius 3 is 2.32 bits per heavy atom. The third kappa shape index (κ3) is 4.32. The smallest absolute Gasteiger partial charge is 0.326 e. The van der Waals surface area contributed by atoms with Crippen molar-refractivity contribution in [1.29, 1.82) is 0 Å². The van der Waals surface area contributed by atoms with Crippen LogP contribution in [0.2, 0.25) is 0 Å². The van der Waals surface area contributed by atoms with Gasteiger partial charge in [-0.1, -0.05) is 44.2 Å². The number of amides is 4. The maximum atomic E-state index is 12.5. The zero-order valence-electron chi connectivity index (χ0n) is 16.7. The van der Waals surface area contributed by atoms with Gasteiger partial charge in [-0.3, -0.25) is 19.3 Å². The molecule has 1 fully saturated rings. The van der Waals surface area contributed by atoms with Crippen LogP contribution in [0.4, 0.5) is 4.79 Å². The van der Waals surface area contributed by atoms with Crippen molar-refractivity contribution in [2.45, 2.75) is 45.2 Å². The second-order valence-electron chi connectivity index (χ2n) is 6.86. The van der Waals surface area contributed by atoms with Gasteiger partial charge in [-0.05, 0) is 25.3 Å². The first-order valence-corrected chi connectivity index (χ1v) is 9.36. The summed E-state index contributed by atoms with van der Waals surface area (Å²) in [6.07, 6.45) is 0.862. The van der Waals surface area contributed by atoms with Gasteiger partial charge < -0.3 is 15.0 Å². The van der Waals surface area contributed by atoms with Crippen LogP contribution in [-0.4, -0.2) is 59.4 Å². The summed E-state index contributed by atoms with van der Waals surface area (Å²) in [5.74, 6) is -1.63. The third-order valence-corrected chi connectivity index (χ3v) is 5.35. The highest BCUT2D eigenvalue weighted by Crippen LogP contribution is 2.24. The Morgan fingerprint density at radius 2 is 1.79 bits per heavy atom. The molecule has 0 saturated carbocycles. The predicted octanol–water partition coefficient (Wildman–Crippen LogP) is 1.86. The lowest BCUT2D eigenvalue weighted by atomic mass is 9.93. The zero-order valence-corrected chi connectivity index (χ0v) is 16.7. The molecule has 0 unspecified atom stereocenters. The monoisotopic (exact) mass is 389 g/mol. The number of ether oxygens (including phenoxy) is 1. The standard InChI is InChI=1S/C20H27N3O5/c1-5-20(6-2)18(26)23(19(27)21-20)12-17(25)28-13-16(24)22(4)14(3)15-10-8-7-9-11-15/h7-11,14H,5-6,12-13H2,1-4H3,(H,21,27)/t14-/m1/s1. The number of rotatable bonds is 8. The number of imide groups is 1. The summed E-state index contributed by atoms with van der Waals surface area (Å²) in [5, 5.41) is 2.64. The Morgan fingerprint density at radius 1 is 1.18 bits per heavy atom. The molecule has 152 valence electrons. The van der Waals surface area contributed by atoms with E-state index in [2.05, 4.69) is 5.32 Å². The molecule has 1 saturated heterocycles. The average Bonchev–Trinajstić information content (AvgIpc) is 2.96. The zero-order chi connectivity index (χ0) is 20.9. The van der Waals surface area contributed by atoms with Crippen molar-refractivity contribution < 1.29 is 23.9 Å². The van der Waals surface area contributed by atoms with Crippen LogP contribution in [0, 0.1) is 0 Å². The van der Waals surface area contributed by atoms with Gasteiger partial charge in [0.15, 0.2) is 6.61 Å². The van der Waals surface area contributed by atoms with Crippen molar-refractivity contribution >= 4 is 23.8 Å². The minimum Gasteiger partial charge on any atom is -0.454 e. The Balaban J connectivity index is 1.89. The number of hydrogen-bond donors (Lipinski definition) is 1. The Kier molecular flexibility index (Phi) is 6.77. The molecule has 1 aromatic rings. The number of nitrogens with zero attached hydrogens (tertiary/aromatic N) is 2. The molecule has 1 aromatic carbocycles. The molecular weight excluding hydrogens is 362 g/mol. The second kappa shape index (κ2) is 8.86. The minimum atomic E-state index is -0.974. The van der Waals surface area contributed by atoms with Crippen LogP contribution in [0.1, 0.15) is 45.2 Å². The third-order valence-electron chi connectivity index (χ3n) is 5.35. The highest BCUT2D eigenvalue weighted by atomic mass is 16.5. The molecule has 28 heavy (non-hydrogen) atoms. The molecular formula is C20H27N3O5. The van der Waals surface area contributed by atoms with Gasteiger partial charge in [0.1, 0.15) is 12.1 Å². The number of likely N-dealkylation sites (N-methyl/N-ethyl adjacent to an activating group) is 1. The maximum absolute atomic E-state index is 12.5. The summed E-state index contributed by atoms with van der Waals surface area (Å²) < 4.78 is 5.00. The highest BCUT2D eigenvalue weighted by Gasteiger charge is 2.49. The van der Waals surface area contributed by atoms with Gasteiger partial charge in [0, 0.05) is 7.05 Å². The number of hydrogen-bond acceptors (Lipinski definition) is 5. The van der Waals surface area contributed by atoms with Crippen LogP contribution in [0.5, 0.6) is 0 Å². The fourth-order valence-electron chi connectivity index (χ4n) is 3.14. The lowest BCUT2D eigenvalue weighted by Crippen LogP contribution is -2.46. The normalized spacial score (nSPS) is 16.5. The van der Waals surface area contributed by atoms with Crippen molar-refractivity contribution in [3.05, 3.63) is 35.9 Å². The van der Waals surface area contributed by atoms with Crippen LogP contribution in [-0.2, 0) is 19.1 Å². The Hall–Kier alpha value is -2.90. The highest BCUT2D eigenvalue weighted by molar-refractivity contribution is 6.08. The molecule has 4 amide bonds. The number of carbonyl (C=O) groups excluding carboxylic acids is 4. The lowest BCUT2D eigenvalue weighted by molar-refractivity contribution is -0.154. The summed E-state index contributed by atoms with van der Waals surface area (Å²) >= 11 is 0. The molecule has 0 aliphatic carbocycles. The lowest BCUT2D eigenvalue weighted by Gasteiger charge is -2.25. The first kappa shape index (κ1) is 21.4. The quantitative estimate of drug-likeness (QED) is 0.541. The summed E-state index contributed by atoms with van der Waals surface area (Å²) in [5.41, 5.74) is -0.0158. The molecule has 8 heteroatoms. The van der Waals surface area contributed by atoms with E-state index in [1.54, 1.807) is 20.9 Å². The van der Waals surface area contributed by atoms with E-state index in [0.29, 0.717) is 12.8 Å².